The van der Waals surface area contributed by atoms with Gasteiger partial charge in [0.15, 0.2) is 5.11 Å². The van der Waals surface area contributed by atoms with E-state index in [2.05, 4.69) is 10.6 Å². The van der Waals surface area contributed by atoms with E-state index in [4.69, 9.17) is 12.2 Å². The number of aryl methyl sites for hydroxylation is 1. The Morgan fingerprint density at radius 3 is 2.45 bits per heavy atom. The lowest BCUT2D eigenvalue weighted by Crippen LogP contribution is -2.34. The first-order chi connectivity index (χ1) is 10.5. The summed E-state index contributed by atoms with van der Waals surface area (Å²) < 4.78 is 0. The van der Waals surface area contributed by atoms with Gasteiger partial charge in [-0.2, -0.15) is 0 Å². The maximum absolute atomic E-state index is 12.1. The van der Waals surface area contributed by atoms with Crippen molar-refractivity contribution in [2.24, 2.45) is 0 Å². The highest BCUT2D eigenvalue weighted by molar-refractivity contribution is 7.80. The number of carbonyl (C=O) groups excluding carboxylic acids is 1. The van der Waals surface area contributed by atoms with Crippen LogP contribution in [0, 0.1) is 17.0 Å². The van der Waals surface area contributed by atoms with Crippen molar-refractivity contribution in [2.45, 2.75) is 6.92 Å². The molecule has 0 aliphatic carbocycles. The molecule has 0 aromatic heterocycles. The number of thiocarbonyl (C=S) groups is 1. The summed E-state index contributed by atoms with van der Waals surface area (Å²) in [4.78, 5) is 22.5. The number of benzene rings is 2. The molecule has 2 aromatic rings. The topological polar surface area (TPSA) is 84.3 Å². The van der Waals surface area contributed by atoms with Crippen LogP contribution in [-0.2, 0) is 0 Å². The van der Waals surface area contributed by atoms with Crippen LogP contribution >= 0.6 is 12.2 Å². The van der Waals surface area contributed by atoms with Gasteiger partial charge in [-0.1, -0.05) is 30.3 Å². The van der Waals surface area contributed by atoms with E-state index in [0.717, 1.165) is 5.56 Å². The molecule has 0 radical (unpaired) electrons. The predicted octanol–water partition coefficient (Wildman–Crippen LogP) is 3.03. The average Bonchev–Trinajstić information content (AvgIpc) is 2.47. The van der Waals surface area contributed by atoms with Crippen molar-refractivity contribution in [1.29, 1.82) is 0 Å². The summed E-state index contributed by atoms with van der Waals surface area (Å²) in [6.45, 7) is 1.81. The summed E-state index contributed by atoms with van der Waals surface area (Å²) in [5.41, 5.74) is 1.42. The quantitative estimate of drug-likeness (QED) is 0.517. The molecule has 7 heteroatoms. The largest absolute Gasteiger partial charge is 0.327 e. The summed E-state index contributed by atoms with van der Waals surface area (Å²) in [6, 6.07) is 13.1. The van der Waals surface area contributed by atoms with Gasteiger partial charge in [-0.05, 0) is 36.8 Å². The van der Waals surface area contributed by atoms with E-state index in [9.17, 15) is 14.9 Å². The maximum Gasteiger partial charge on any atom is 0.292 e. The highest BCUT2D eigenvalue weighted by Gasteiger charge is 2.15. The second-order valence-electron chi connectivity index (χ2n) is 4.50. The number of carbonyl (C=O) groups is 1. The average molecular weight is 315 g/mol. The van der Waals surface area contributed by atoms with Gasteiger partial charge in [0.05, 0.1) is 4.92 Å². The van der Waals surface area contributed by atoms with Gasteiger partial charge in [-0.15, -0.1) is 0 Å². The molecule has 2 N–H and O–H groups in total. The monoisotopic (exact) mass is 315 g/mol. The number of anilines is 1. The Morgan fingerprint density at radius 2 is 1.77 bits per heavy atom. The smallest absolute Gasteiger partial charge is 0.292 e. The van der Waals surface area contributed by atoms with E-state index in [1.165, 1.54) is 12.1 Å². The Kier molecular flexibility index (Phi) is 4.80. The van der Waals surface area contributed by atoms with Crippen LogP contribution in [0.2, 0.25) is 0 Å². The zero-order valence-electron chi connectivity index (χ0n) is 11.7. The van der Waals surface area contributed by atoms with Crippen molar-refractivity contribution in [1.82, 2.24) is 5.32 Å². The first-order valence-electron chi connectivity index (χ1n) is 6.40. The van der Waals surface area contributed by atoms with Gasteiger partial charge in [0, 0.05) is 11.6 Å². The normalized spacial score (nSPS) is 9.86. The molecule has 0 heterocycles. The van der Waals surface area contributed by atoms with Crippen LogP contribution in [0.15, 0.2) is 48.5 Å². The third kappa shape index (κ3) is 3.64. The number of nitrogens with zero attached hydrogens (tertiary/aromatic N) is 1. The second kappa shape index (κ2) is 6.77. The lowest BCUT2D eigenvalue weighted by atomic mass is 10.1. The third-order valence-corrected chi connectivity index (χ3v) is 3.17. The summed E-state index contributed by atoms with van der Waals surface area (Å²) >= 11 is 5.04. The molecule has 0 unspecified atom stereocenters. The van der Waals surface area contributed by atoms with Gasteiger partial charge < -0.3 is 5.32 Å². The van der Waals surface area contributed by atoms with Crippen molar-refractivity contribution < 1.29 is 9.72 Å². The lowest BCUT2D eigenvalue weighted by Gasteiger charge is -2.10. The molecule has 6 nitrogen and oxygen atoms in total. The number of hydrogen-bond donors (Lipinski definition) is 2. The fourth-order valence-corrected chi connectivity index (χ4v) is 2.09. The van der Waals surface area contributed by atoms with Crippen molar-refractivity contribution in [3.63, 3.8) is 0 Å². The van der Waals surface area contributed by atoms with E-state index in [0.29, 0.717) is 5.56 Å². The number of rotatable bonds is 3. The summed E-state index contributed by atoms with van der Waals surface area (Å²) in [6.07, 6.45) is 0. The minimum Gasteiger partial charge on any atom is -0.327 e. The molecule has 0 aliphatic heterocycles. The standard InChI is InChI=1S/C15H13N3O3S/c1-10-6-2-3-7-11(10)14(19)17-15(22)16-12-8-4-5-9-13(12)18(20)21/h2-9H,1H3,(H2,16,17,19,22). The molecule has 0 saturated carbocycles. The van der Waals surface area contributed by atoms with E-state index in [1.54, 1.807) is 24.3 Å². The van der Waals surface area contributed by atoms with E-state index in [-0.39, 0.29) is 22.4 Å². The molecule has 0 saturated heterocycles. The van der Waals surface area contributed by atoms with Gasteiger partial charge in [0.25, 0.3) is 11.6 Å². The molecule has 0 aliphatic rings. The fraction of sp³-hybridized carbons (Fsp3) is 0.0667. The van der Waals surface area contributed by atoms with Crippen LogP contribution in [0.4, 0.5) is 11.4 Å². The fourth-order valence-electron chi connectivity index (χ4n) is 1.89. The highest BCUT2D eigenvalue weighted by Crippen LogP contribution is 2.22. The molecule has 1 amide bonds. The van der Waals surface area contributed by atoms with Gasteiger partial charge in [-0.25, -0.2) is 0 Å². The first-order valence-corrected chi connectivity index (χ1v) is 6.81. The van der Waals surface area contributed by atoms with Crippen LogP contribution < -0.4 is 10.6 Å². The second-order valence-corrected chi connectivity index (χ2v) is 4.91. The third-order valence-electron chi connectivity index (χ3n) is 2.97. The number of hydrogen-bond acceptors (Lipinski definition) is 4. The molecule has 22 heavy (non-hydrogen) atoms. The molecule has 0 fully saturated rings. The van der Waals surface area contributed by atoms with Crippen molar-refractivity contribution >= 4 is 34.6 Å². The van der Waals surface area contributed by atoms with Gasteiger partial charge in [0.2, 0.25) is 0 Å². The minimum absolute atomic E-state index is 0.00236. The highest BCUT2D eigenvalue weighted by atomic mass is 32.1. The first kappa shape index (κ1) is 15.6. The lowest BCUT2D eigenvalue weighted by molar-refractivity contribution is -0.383. The number of amides is 1. The Morgan fingerprint density at radius 1 is 1.14 bits per heavy atom. The molecule has 0 atom stereocenters. The number of para-hydroxylation sites is 2. The van der Waals surface area contributed by atoms with Crippen LogP contribution in [0.25, 0.3) is 0 Å². The van der Waals surface area contributed by atoms with Crippen molar-refractivity contribution in [2.75, 3.05) is 5.32 Å². The molecular weight excluding hydrogens is 302 g/mol. The van der Waals surface area contributed by atoms with E-state index >= 15 is 0 Å². The molecule has 2 rings (SSSR count). The Hall–Kier alpha value is -2.80. The Bertz CT molecular complexity index is 746. The SMILES string of the molecule is Cc1ccccc1C(=O)NC(=S)Nc1ccccc1[N+](=O)[O-]. The van der Waals surface area contributed by atoms with Crippen LogP contribution in [0.1, 0.15) is 15.9 Å². The van der Waals surface area contributed by atoms with Crippen LogP contribution in [-0.4, -0.2) is 15.9 Å². The van der Waals surface area contributed by atoms with Gasteiger partial charge in [-0.3, -0.25) is 20.2 Å². The van der Waals surface area contributed by atoms with Gasteiger partial charge >= 0.3 is 0 Å². The molecule has 0 spiro atoms. The predicted molar refractivity (Wildman–Crippen MR) is 88.0 cm³/mol. The van der Waals surface area contributed by atoms with Crippen molar-refractivity contribution in [3.8, 4) is 0 Å². The summed E-state index contributed by atoms with van der Waals surface area (Å²) in [5.74, 6) is -0.366. The Balaban J connectivity index is 2.10. The minimum atomic E-state index is -0.520. The zero-order chi connectivity index (χ0) is 16.1. The van der Waals surface area contributed by atoms with E-state index < -0.39 is 4.92 Å². The zero-order valence-corrected chi connectivity index (χ0v) is 12.5. The number of nitro groups is 1. The maximum atomic E-state index is 12.1. The van der Waals surface area contributed by atoms with Crippen LogP contribution in [0.5, 0.6) is 0 Å². The molecule has 112 valence electrons. The summed E-state index contributed by atoms with van der Waals surface area (Å²) in [7, 11) is 0. The number of nitro benzene ring substituents is 1. The van der Waals surface area contributed by atoms with Gasteiger partial charge in [0.1, 0.15) is 5.69 Å². The van der Waals surface area contributed by atoms with Crippen LogP contribution in [0.3, 0.4) is 0 Å². The molecular formula is C15H13N3O3S. The van der Waals surface area contributed by atoms with Crippen molar-refractivity contribution in [3.05, 3.63) is 69.8 Å². The molecule has 0 bridgehead atoms. The van der Waals surface area contributed by atoms with E-state index in [1.807, 2.05) is 19.1 Å². The molecule has 2 aromatic carbocycles. The summed E-state index contributed by atoms with van der Waals surface area (Å²) in [5, 5.41) is 16.1. The number of nitrogens with one attached hydrogen (secondary N) is 2. The Labute approximate surface area is 132 Å².